The molecule has 0 heterocycles. The van der Waals surface area contributed by atoms with Gasteiger partial charge in [0.05, 0.1) is 20.8 Å². The standard InChI is InChI=1S/C12H17NO3/c1-4-8-5-11(15-2)12(16-3)6-9(8)10(14)7-13/h5-6H,4,7,13H2,1-3H3. The number of aryl methyl sites for hydroxylation is 1. The molecular formula is C12H17NO3. The predicted molar refractivity (Wildman–Crippen MR) is 62.3 cm³/mol. The molecule has 0 atom stereocenters. The normalized spacial score (nSPS) is 10.0. The van der Waals surface area contributed by atoms with Crippen LogP contribution in [0.3, 0.4) is 0 Å². The molecule has 0 radical (unpaired) electrons. The number of ether oxygens (including phenoxy) is 2. The lowest BCUT2D eigenvalue weighted by atomic mass is 10.0. The summed E-state index contributed by atoms with van der Waals surface area (Å²) in [5.74, 6) is 1.10. The van der Waals surface area contributed by atoms with E-state index in [9.17, 15) is 4.79 Å². The molecule has 0 aliphatic heterocycles. The summed E-state index contributed by atoms with van der Waals surface area (Å²) >= 11 is 0. The molecule has 0 unspecified atom stereocenters. The van der Waals surface area contributed by atoms with Gasteiger partial charge in [-0.1, -0.05) is 6.92 Å². The monoisotopic (exact) mass is 223 g/mol. The van der Waals surface area contributed by atoms with E-state index in [4.69, 9.17) is 15.2 Å². The molecular weight excluding hydrogens is 206 g/mol. The number of hydrogen-bond donors (Lipinski definition) is 1. The first kappa shape index (κ1) is 12.5. The average Bonchev–Trinajstić information content (AvgIpc) is 2.35. The van der Waals surface area contributed by atoms with Gasteiger partial charge in [0.25, 0.3) is 0 Å². The Kier molecular flexibility index (Phi) is 4.31. The van der Waals surface area contributed by atoms with Crippen molar-refractivity contribution in [2.24, 2.45) is 5.73 Å². The number of nitrogens with two attached hydrogens (primary N) is 1. The molecule has 1 aromatic carbocycles. The molecule has 88 valence electrons. The van der Waals surface area contributed by atoms with Crippen LogP contribution in [0.1, 0.15) is 22.8 Å². The van der Waals surface area contributed by atoms with Gasteiger partial charge in [0.15, 0.2) is 17.3 Å². The molecule has 0 saturated heterocycles. The van der Waals surface area contributed by atoms with Crippen LogP contribution in [0.15, 0.2) is 12.1 Å². The van der Waals surface area contributed by atoms with Crippen LogP contribution < -0.4 is 15.2 Å². The molecule has 0 spiro atoms. The summed E-state index contributed by atoms with van der Waals surface area (Å²) in [7, 11) is 3.11. The summed E-state index contributed by atoms with van der Waals surface area (Å²) in [5.41, 5.74) is 6.91. The van der Waals surface area contributed by atoms with Crippen LogP contribution in [0.4, 0.5) is 0 Å². The Hall–Kier alpha value is -1.55. The Balaban J connectivity index is 3.31. The smallest absolute Gasteiger partial charge is 0.176 e. The van der Waals surface area contributed by atoms with Crippen molar-refractivity contribution >= 4 is 5.78 Å². The van der Waals surface area contributed by atoms with Gasteiger partial charge in [0, 0.05) is 5.56 Å². The lowest BCUT2D eigenvalue weighted by molar-refractivity contribution is 0.1000. The number of carbonyl (C=O) groups excluding carboxylic acids is 1. The first-order valence-corrected chi connectivity index (χ1v) is 5.16. The van der Waals surface area contributed by atoms with Crippen molar-refractivity contribution in [1.29, 1.82) is 0 Å². The predicted octanol–water partition coefficient (Wildman–Crippen LogP) is 1.41. The highest BCUT2D eigenvalue weighted by Gasteiger charge is 2.14. The van der Waals surface area contributed by atoms with Crippen molar-refractivity contribution in [1.82, 2.24) is 0 Å². The van der Waals surface area contributed by atoms with Crippen LogP contribution in [0.5, 0.6) is 11.5 Å². The van der Waals surface area contributed by atoms with Crippen LogP contribution in [-0.2, 0) is 6.42 Å². The fraction of sp³-hybridized carbons (Fsp3) is 0.417. The van der Waals surface area contributed by atoms with Crippen molar-refractivity contribution in [2.45, 2.75) is 13.3 Å². The Morgan fingerprint density at radius 1 is 1.25 bits per heavy atom. The van der Waals surface area contributed by atoms with Crippen molar-refractivity contribution in [3.8, 4) is 11.5 Å². The third-order valence-electron chi connectivity index (χ3n) is 2.48. The molecule has 4 nitrogen and oxygen atoms in total. The van der Waals surface area contributed by atoms with Crippen LogP contribution in [0.2, 0.25) is 0 Å². The maximum absolute atomic E-state index is 11.6. The van der Waals surface area contributed by atoms with Gasteiger partial charge in [-0.25, -0.2) is 0 Å². The summed E-state index contributed by atoms with van der Waals surface area (Å²) in [6, 6.07) is 3.51. The van der Waals surface area contributed by atoms with E-state index < -0.39 is 0 Å². The van der Waals surface area contributed by atoms with Crippen molar-refractivity contribution in [3.63, 3.8) is 0 Å². The molecule has 0 fully saturated rings. The largest absolute Gasteiger partial charge is 0.493 e. The minimum absolute atomic E-state index is 0.00246. The topological polar surface area (TPSA) is 61.5 Å². The van der Waals surface area contributed by atoms with Gasteiger partial charge in [0.2, 0.25) is 0 Å². The Morgan fingerprint density at radius 2 is 1.81 bits per heavy atom. The van der Waals surface area contributed by atoms with Crippen molar-refractivity contribution in [2.75, 3.05) is 20.8 Å². The highest BCUT2D eigenvalue weighted by molar-refractivity contribution is 5.99. The number of rotatable bonds is 5. The van der Waals surface area contributed by atoms with E-state index in [0.29, 0.717) is 17.1 Å². The van der Waals surface area contributed by atoms with Crippen molar-refractivity contribution in [3.05, 3.63) is 23.3 Å². The van der Waals surface area contributed by atoms with Crippen LogP contribution in [-0.4, -0.2) is 26.5 Å². The molecule has 1 aromatic rings. The highest BCUT2D eigenvalue weighted by atomic mass is 16.5. The number of Topliss-reactive ketones (excluding diaryl/α,β-unsaturated/α-hetero) is 1. The zero-order chi connectivity index (χ0) is 12.1. The molecule has 0 saturated carbocycles. The Morgan fingerprint density at radius 3 is 2.25 bits per heavy atom. The van der Waals surface area contributed by atoms with E-state index in [-0.39, 0.29) is 12.3 Å². The number of benzene rings is 1. The van der Waals surface area contributed by atoms with E-state index in [0.717, 1.165) is 12.0 Å². The average molecular weight is 223 g/mol. The molecule has 4 heteroatoms. The van der Waals surface area contributed by atoms with E-state index in [2.05, 4.69) is 0 Å². The number of carbonyl (C=O) groups is 1. The number of ketones is 1. The Labute approximate surface area is 95.3 Å². The maximum Gasteiger partial charge on any atom is 0.176 e. The lowest BCUT2D eigenvalue weighted by Gasteiger charge is -2.12. The molecule has 0 amide bonds. The molecule has 0 aliphatic rings. The van der Waals surface area contributed by atoms with Gasteiger partial charge in [-0.3, -0.25) is 4.79 Å². The lowest BCUT2D eigenvalue weighted by Crippen LogP contribution is -2.15. The maximum atomic E-state index is 11.6. The quantitative estimate of drug-likeness (QED) is 0.767. The van der Waals surface area contributed by atoms with Crippen molar-refractivity contribution < 1.29 is 14.3 Å². The van der Waals surface area contributed by atoms with Gasteiger partial charge in [-0.05, 0) is 24.1 Å². The van der Waals surface area contributed by atoms with Gasteiger partial charge in [-0.15, -0.1) is 0 Å². The first-order chi connectivity index (χ1) is 7.67. The second-order valence-electron chi connectivity index (χ2n) is 3.35. The summed E-state index contributed by atoms with van der Waals surface area (Å²) in [6.45, 7) is 1.98. The molecule has 0 aliphatic carbocycles. The minimum Gasteiger partial charge on any atom is -0.493 e. The van der Waals surface area contributed by atoms with Crippen LogP contribution >= 0.6 is 0 Å². The zero-order valence-corrected chi connectivity index (χ0v) is 9.87. The second-order valence-corrected chi connectivity index (χ2v) is 3.35. The van der Waals surface area contributed by atoms with Crippen LogP contribution in [0, 0.1) is 0 Å². The fourth-order valence-electron chi connectivity index (χ4n) is 1.58. The third kappa shape index (κ3) is 2.33. The van der Waals surface area contributed by atoms with Gasteiger partial charge in [-0.2, -0.15) is 0 Å². The summed E-state index contributed by atoms with van der Waals surface area (Å²) in [6.07, 6.45) is 0.751. The molecule has 2 N–H and O–H groups in total. The van der Waals surface area contributed by atoms with E-state index in [1.807, 2.05) is 13.0 Å². The Bertz CT molecular complexity index is 388. The number of methoxy groups -OCH3 is 2. The highest BCUT2D eigenvalue weighted by Crippen LogP contribution is 2.30. The summed E-state index contributed by atoms with van der Waals surface area (Å²) in [4.78, 5) is 11.6. The van der Waals surface area contributed by atoms with Crippen LogP contribution in [0.25, 0.3) is 0 Å². The second kappa shape index (κ2) is 5.51. The summed E-state index contributed by atoms with van der Waals surface area (Å²) in [5, 5.41) is 0. The SMILES string of the molecule is CCc1cc(OC)c(OC)cc1C(=O)CN. The van der Waals surface area contributed by atoms with Gasteiger partial charge < -0.3 is 15.2 Å². The third-order valence-corrected chi connectivity index (χ3v) is 2.48. The van der Waals surface area contributed by atoms with Gasteiger partial charge >= 0.3 is 0 Å². The van der Waals surface area contributed by atoms with E-state index in [1.54, 1.807) is 20.3 Å². The molecule has 0 bridgehead atoms. The molecule has 0 aromatic heterocycles. The molecule has 1 rings (SSSR count). The zero-order valence-electron chi connectivity index (χ0n) is 9.87. The minimum atomic E-state index is -0.0854. The van der Waals surface area contributed by atoms with E-state index >= 15 is 0 Å². The fourth-order valence-corrected chi connectivity index (χ4v) is 1.58. The number of hydrogen-bond acceptors (Lipinski definition) is 4. The molecule has 16 heavy (non-hydrogen) atoms. The summed E-state index contributed by atoms with van der Waals surface area (Å²) < 4.78 is 10.3. The first-order valence-electron chi connectivity index (χ1n) is 5.16. The van der Waals surface area contributed by atoms with E-state index in [1.165, 1.54) is 0 Å². The van der Waals surface area contributed by atoms with Gasteiger partial charge in [0.1, 0.15) is 0 Å².